The Labute approximate surface area is 69.1 Å². The van der Waals surface area contributed by atoms with Crippen LogP contribution in [0.5, 0.6) is 0 Å². The second kappa shape index (κ2) is 3.11. The number of hydrogen-bond donors (Lipinski definition) is 1. The van der Waals surface area contributed by atoms with Crippen molar-refractivity contribution in [2.24, 2.45) is 11.7 Å². The molecule has 1 saturated heterocycles. The summed E-state index contributed by atoms with van der Waals surface area (Å²) >= 11 is 0. The first-order chi connectivity index (χ1) is 5.01. The Morgan fingerprint density at radius 3 is 2.73 bits per heavy atom. The summed E-state index contributed by atoms with van der Waals surface area (Å²) in [5.74, 6) is 0.590. The normalized spacial score (nSPS) is 46.9. The highest BCUT2D eigenvalue weighted by atomic mass is 16.5. The molecule has 2 heteroatoms. The molecule has 0 saturated carbocycles. The maximum atomic E-state index is 6.05. The van der Waals surface area contributed by atoms with Gasteiger partial charge < -0.3 is 10.5 Å². The van der Waals surface area contributed by atoms with Crippen molar-refractivity contribution < 1.29 is 4.74 Å². The highest BCUT2D eigenvalue weighted by molar-refractivity contribution is 4.84. The van der Waals surface area contributed by atoms with Crippen molar-refractivity contribution in [3.63, 3.8) is 0 Å². The van der Waals surface area contributed by atoms with E-state index >= 15 is 0 Å². The summed E-state index contributed by atoms with van der Waals surface area (Å²) < 4.78 is 5.57. The Balaban J connectivity index is 2.55. The van der Waals surface area contributed by atoms with Crippen molar-refractivity contribution in [1.29, 1.82) is 0 Å². The van der Waals surface area contributed by atoms with Gasteiger partial charge in [0.25, 0.3) is 0 Å². The highest BCUT2D eigenvalue weighted by Gasteiger charge is 2.28. The van der Waals surface area contributed by atoms with Gasteiger partial charge in [0.05, 0.1) is 6.10 Å². The van der Waals surface area contributed by atoms with Gasteiger partial charge in [0.15, 0.2) is 0 Å². The van der Waals surface area contributed by atoms with Crippen molar-refractivity contribution in [2.75, 3.05) is 6.61 Å². The van der Waals surface area contributed by atoms with Crippen LogP contribution in [0, 0.1) is 5.92 Å². The Kier molecular flexibility index (Phi) is 2.55. The van der Waals surface area contributed by atoms with E-state index in [-0.39, 0.29) is 5.54 Å². The first-order valence-corrected chi connectivity index (χ1v) is 4.42. The second-order valence-corrected chi connectivity index (χ2v) is 4.16. The molecule has 1 aliphatic heterocycles. The number of hydrogen-bond acceptors (Lipinski definition) is 2. The first-order valence-electron chi connectivity index (χ1n) is 4.42. The third-order valence-corrected chi connectivity index (χ3v) is 2.64. The molecule has 1 fully saturated rings. The van der Waals surface area contributed by atoms with Gasteiger partial charge in [-0.05, 0) is 32.6 Å². The molecule has 0 aromatic rings. The van der Waals surface area contributed by atoms with Crippen LogP contribution in [-0.4, -0.2) is 18.2 Å². The van der Waals surface area contributed by atoms with Crippen LogP contribution < -0.4 is 5.73 Å². The Hall–Kier alpha value is -0.0800. The van der Waals surface area contributed by atoms with Crippen molar-refractivity contribution in [2.45, 2.75) is 45.3 Å². The van der Waals surface area contributed by atoms with E-state index in [1.807, 2.05) is 0 Å². The van der Waals surface area contributed by atoms with Crippen LogP contribution in [0.4, 0.5) is 0 Å². The van der Waals surface area contributed by atoms with Crippen LogP contribution in [0.1, 0.15) is 33.6 Å². The molecule has 0 radical (unpaired) electrons. The molecule has 0 spiro atoms. The molecule has 1 aliphatic rings. The van der Waals surface area contributed by atoms with Gasteiger partial charge >= 0.3 is 0 Å². The molecule has 0 aromatic carbocycles. The molecular weight excluding hydrogens is 138 g/mol. The van der Waals surface area contributed by atoms with Crippen LogP contribution in [0.25, 0.3) is 0 Å². The van der Waals surface area contributed by atoms with E-state index in [1.54, 1.807) is 0 Å². The minimum atomic E-state index is -0.00975. The zero-order valence-electron chi connectivity index (χ0n) is 7.76. The largest absolute Gasteiger partial charge is 0.378 e. The second-order valence-electron chi connectivity index (χ2n) is 4.16. The topological polar surface area (TPSA) is 35.2 Å². The van der Waals surface area contributed by atoms with Crippen LogP contribution in [-0.2, 0) is 4.74 Å². The average molecular weight is 157 g/mol. The molecule has 0 amide bonds. The predicted molar refractivity (Wildman–Crippen MR) is 46.4 cm³/mol. The monoisotopic (exact) mass is 157 g/mol. The molecule has 3 atom stereocenters. The molecule has 1 heterocycles. The Morgan fingerprint density at radius 1 is 1.45 bits per heavy atom. The van der Waals surface area contributed by atoms with Gasteiger partial charge in [0, 0.05) is 12.1 Å². The van der Waals surface area contributed by atoms with E-state index in [2.05, 4.69) is 20.8 Å². The molecule has 0 aliphatic carbocycles. The van der Waals surface area contributed by atoms with Crippen molar-refractivity contribution in [1.82, 2.24) is 0 Å². The molecule has 1 rings (SSSR count). The average Bonchev–Trinajstić information content (AvgIpc) is 1.93. The van der Waals surface area contributed by atoms with Crippen LogP contribution in [0.2, 0.25) is 0 Å². The maximum absolute atomic E-state index is 6.05. The number of nitrogens with two attached hydrogens (primary N) is 1. The lowest BCUT2D eigenvalue weighted by Crippen LogP contribution is -2.37. The van der Waals surface area contributed by atoms with Crippen molar-refractivity contribution in [3.8, 4) is 0 Å². The summed E-state index contributed by atoms with van der Waals surface area (Å²) in [7, 11) is 0. The van der Waals surface area contributed by atoms with Crippen molar-refractivity contribution >= 4 is 0 Å². The predicted octanol–water partition coefficient (Wildman–Crippen LogP) is 1.54. The summed E-state index contributed by atoms with van der Waals surface area (Å²) in [5.41, 5.74) is 6.04. The van der Waals surface area contributed by atoms with E-state index in [9.17, 15) is 0 Å². The van der Waals surface area contributed by atoms with E-state index in [0.717, 1.165) is 19.4 Å². The summed E-state index contributed by atoms with van der Waals surface area (Å²) in [6, 6.07) is 0. The van der Waals surface area contributed by atoms with Crippen LogP contribution in [0.15, 0.2) is 0 Å². The number of ether oxygens (including phenoxy) is 1. The lowest BCUT2D eigenvalue weighted by Gasteiger charge is -2.24. The van der Waals surface area contributed by atoms with Gasteiger partial charge in [-0.25, -0.2) is 0 Å². The summed E-state index contributed by atoms with van der Waals surface area (Å²) in [5, 5.41) is 0. The smallest absolute Gasteiger partial charge is 0.0573 e. The SMILES string of the molecule is CC1OCC[C@](C)(N)C[C@H]1C. The van der Waals surface area contributed by atoms with Crippen LogP contribution in [0.3, 0.4) is 0 Å². The minimum absolute atomic E-state index is 0.00975. The zero-order valence-corrected chi connectivity index (χ0v) is 7.76. The van der Waals surface area contributed by atoms with Gasteiger partial charge in [-0.1, -0.05) is 6.92 Å². The molecule has 1 unspecified atom stereocenters. The zero-order chi connectivity index (χ0) is 8.48. The molecule has 2 N–H and O–H groups in total. The first kappa shape index (κ1) is 9.01. The summed E-state index contributed by atoms with van der Waals surface area (Å²) in [4.78, 5) is 0. The number of rotatable bonds is 0. The molecular formula is C9H19NO. The lowest BCUT2D eigenvalue weighted by molar-refractivity contribution is 0.0441. The van der Waals surface area contributed by atoms with Crippen LogP contribution >= 0.6 is 0 Å². The van der Waals surface area contributed by atoms with Gasteiger partial charge in [0.2, 0.25) is 0 Å². The lowest BCUT2D eigenvalue weighted by atomic mass is 9.87. The Morgan fingerprint density at radius 2 is 2.09 bits per heavy atom. The third kappa shape index (κ3) is 2.46. The van der Waals surface area contributed by atoms with Gasteiger partial charge in [-0.3, -0.25) is 0 Å². The highest BCUT2D eigenvalue weighted by Crippen LogP contribution is 2.25. The van der Waals surface area contributed by atoms with E-state index in [1.165, 1.54) is 0 Å². The molecule has 11 heavy (non-hydrogen) atoms. The minimum Gasteiger partial charge on any atom is -0.378 e. The van der Waals surface area contributed by atoms with Gasteiger partial charge in [-0.15, -0.1) is 0 Å². The summed E-state index contributed by atoms with van der Waals surface area (Å²) in [6.07, 6.45) is 2.44. The fourth-order valence-corrected chi connectivity index (χ4v) is 1.65. The molecule has 0 aromatic heterocycles. The summed E-state index contributed by atoms with van der Waals surface area (Å²) in [6.45, 7) is 7.27. The molecule has 0 bridgehead atoms. The molecule has 2 nitrogen and oxygen atoms in total. The van der Waals surface area contributed by atoms with E-state index < -0.39 is 0 Å². The maximum Gasteiger partial charge on any atom is 0.0573 e. The molecule has 66 valence electrons. The van der Waals surface area contributed by atoms with E-state index in [4.69, 9.17) is 10.5 Å². The fourth-order valence-electron chi connectivity index (χ4n) is 1.65. The van der Waals surface area contributed by atoms with Gasteiger partial charge in [-0.2, -0.15) is 0 Å². The quantitative estimate of drug-likeness (QED) is 0.579. The van der Waals surface area contributed by atoms with E-state index in [0.29, 0.717) is 12.0 Å². The fraction of sp³-hybridized carbons (Fsp3) is 1.00. The standard InChI is InChI=1S/C9H19NO/c1-7-6-9(3,10)4-5-11-8(7)2/h7-8H,4-6,10H2,1-3H3/t7-,8?,9+/m1/s1. The van der Waals surface area contributed by atoms with Crippen molar-refractivity contribution in [3.05, 3.63) is 0 Å². The Bertz CT molecular complexity index is 134. The van der Waals surface area contributed by atoms with Gasteiger partial charge in [0.1, 0.15) is 0 Å². The third-order valence-electron chi connectivity index (χ3n) is 2.64.